The molecular weight excluding hydrogens is 382 g/mol. The van der Waals surface area contributed by atoms with Crippen molar-refractivity contribution in [2.24, 2.45) is 0 Å². The molecule has 0 saturated carbocycles. The third kappa shape index (κ3) is 3.84. The standard InChI is InChI=1S/C22H23N5O3/c1-23-18-10-6-5-9-17(18)22(30)26-12-11-15(14-26)24-21(29)19-13-20(28)27(25-19)16-7-3-2-4-8-16/h2-10,13,15,23,25H,11-12,14H2,1H3,(H,24,29)/t15-/m1/s1. The molecule has 0 spiro atoms. The van der Waals surface area contributed by atoms with Crippen molar-refractivity contribution in [2.75, 3.05) is 25.5 Å². The van der Waals surface area contributed by atoms with Crippen molar-refractivity contribution in [3.8, 4) is 5.69 Å². The monoisotopic (exact) mass is 405 g/mol. The Balaban J connectivity index is 1.42. The van der Waals surface area contributed by atoms with E-state index in [9.17, 15) is 14.4 Å². The fourth-order valence-electron chi connectivity index (χ4n) is 3.66. The Hall–Kier alpha value is -3.81. The van der Waals surface area contributed by atoms with E-state index >= 15 is 0 Å². The van der Waals surface area contributed by atoms with Crippen LogP contribution in [0.15, 0.2) is 65.5 Å². The third-order valence-corrected chi connectivity index (χ3v) is 5.22. The maximum Gasteiger partial charge on any atom is 0.271 e. The maximum absolute atomic E-state index is 12.9. The zero-order valence-corrected chi connectivity index (χ0v) is 16.6. The van der Waals surface area contributed by atoms with Crippen molar-refractivity contribution in [1.29, 1.82) is 0 Å². The predicted molar refractivity (Wildman–Crippen MR) is 114 cm³/mol. The lowest BCUT2D eigenvalue weighted by atomic mass is 10.1. The fourth-order valence-corrected chi connectivity index (χ4v) is 3.66. The van der Waals surface area contributed by atoms with Gasteiger partial charge in [0.1, 0.15) is 5.69 Å². The molecule has 1 atom stereocenters. The molecule has 2 amide bonds. The molecule has 154 valence electrons. The minimum atomic E-state index is -0.364. The Labute approximate surface area is 173 Å². The fraction of sp³-hybridized carbons (Fsp3) is 0.227. The molecule has 3 N–H and O–H groups in total. The van der Waals surface area contributed by atoms with Gasteiger partial charge in [0.25, 0.3) is 17.4 Å². The minimum absolute atomic E-state index is 0.0691. The van der Waals surface area contributed by atoms with E-state index in [1.807, 2.05) is 36.4 Å². The summed E-state index contributed by atoms with van der Waals surface area (Å²) in [7, 11) is 1.78. The highest BCUT2D eigenvalue weighted by Gasteiger charge is 2.29. The van der Waals surface area contributed by atoms with Gasteiger partial charge in [-0.15, -0.1) is 0 Å². The first kappa shape index (κ1) is 19.5. The summed E-state index contributed by atoms with van der Waals surface area (Å²) in [4.78, 5) is 39.5. The van der Waals surface area contributed by atoms with Crippen LogP contribution in [0.4, 0.5) is 5.69 Å². The van der Waals surface area contributed by atoms with E-state index in [1.54, 1.807) is 30.1 Å². The molecule has 0 bridgehead atoms. The summed E-state index contributed by atoms with van der Waals surface area (Å²) in [6.45, 7) is 0.982. The van der Waals surface area contributed by atoms with Crippen LogP contribution in [-0.4, -0.2) is 52.7 Å². The van der Waals surface area contributed by atoms with Gasteiger partial charge in [-0.2, -0.15) is 0 Å². The van der Waals surface area contributed by atoms with Crippen LogP contribution in [0.3, 0.4) is 0 Å². The Morgan fingerprint density at radius 3 is 2.57 bits per heavy atom. The van der Waals surface area contributed by atoms with Crippen LogP contribution in [0.1, 0.15) is 27.3 Å². The zero-order chi connectivity index (χ0) is 21.1. The minimum Gasteiger partial charge on any atom is -0.387 e. The Bertz CT molecular complexity index is 1120. The van der Waals surface area contributed by atoms with E-state index in [-0.39, 0.29) is 29.1 Å². The molecule has 2 heterocycles. The van der Waals surface area contributed by atoms with Crippen molar-refractivity contribution in [3.63, 3.8) is 0 Å². The molecule has 30 heavy (non-hydrogen) atoms. The number of hydrogen-bond acceptors (Lipinski definition) is 4. The number of H-pyrrole nitrogens is 1. The molecule has 1 aliphatic heterocycles. The number of carbonyl (C=O) groups excluding carboxylic acids is 2. The van der Waals surface area contributed by atoms with Crippen LogP contribution in [0, 0.1) is 0 Å². The molecule has 2 aromatic carbocycles. The molecule has 4 rings (SSSR count). The van der Waals surface area contributed by atoms with Crippen LogP contribution in [-0.2, 0) is 0 Å². The number of nitrogens with zero attached hydrogens (tertiary/aromatic N) is 2. The van der Waals surface area contributed by atoms with E-state index in [1.165, 1.54) is 10.7 Å². The van der Waals surface area contributed by atoms with Gasteiger partial charge in [0.2, 0.25) is 0 Å². The number of aromatic nitrogens is 2. The van der Waals surface area contributed by atoms with Crippen LogP contribution < -0.4 is 16.2 Å². The maximum atomic E-state index is 12.9. The summed E-state index contributed by atoms with van der Waals surface area (Å²) in [6.07, 6.45) is 0.656. The van der Waals surface area contributed by atoms with Gasteiger partial charge >= 0.3 is 0 Å². The van der Waals surface area contributed by atoms with Gasteiger partial charge in [-0.3, -0.25) is 19.5 Å². The summed E-state index contributed by atoms with van der Waals surface area (Å²) in [5.74, 6) is -0.433. The lowest BCUT2D eigenvalue weighted by Gasteiger charge is -2.18. The zero-order valence-electron chi connectivity index (χ0n) is 16.6. The summed E-state index contributed by atoms with van der Waals surface area (Å²) in [6, 6.07) is 17.5. The summed E-state index contributed by atoms with van der Waals surface area (Å²) >= 11 is 0. The highest BCUT2D eigenvalue weighted by molar-refractivity contribution is 6.00. The van der Waals surface area contributed by atoms with Gasteiger partial charge < -0.3 is 15.5 Å². The van der Waals surface area contributed by atoms with E-state index in [0.29, 0.717) is 30.8 Å². The topological polar surface area (TPSA) is 99.2 Å². The average molecular weight is 405 g/mol. The van der Waals surface area contributed by atoms with E-state index in [0.717, 1.165) is 5.69 Å². The Morgan fingerprint density at radius 1 is 1.07 bits per heavy atom. The molecule has 1 saturated heterocycles. The highest BCUT2D eigenvalue weighted by Crippen LogP contribution is 2.20. The molecule has 1 aromatic heterocycles. The van der Waals surface area contributed by atoms with Crippen LogP contribution in [0.2, 0.25) is 0 Å². The van der Waals surface area contributed by atoms with E-state index < -0.39 is 0 Å². The second-order valence-corrected chi connectivity index (χ2v) is 7.18. The number of hydrogen-bond donors (Lipinski definition) is 3. The van der Waals surface area contributed by atoms with Gasteiger partial charge in [0.15, 0.2) is 0 Å². The van der Waals surface area contributed by atoms with Gasteiger partial charge in [0.05, 0.1) is 11.3 Å². The molecule has 8 heteroatoms. The number of benzene rings is 2. The summed E-state index contributed by atoms with van der Waals surface area (Å²) in [5, 5.41) is 8.80. The average Bonchev–Trinajstić information content (AvgIpc) is 3.40. The molecule has 3 aromatic rings. The molecule has 0 aliphatic carbocycles. The van der Waals surface area contributed by atoms with Gasteiger partial charge in [-0.25, -0.2) is 4.68 Å². The Morgan fingerprint density at radius 2 is 1.80 bits per heavy atom. The number of aromatic amines is 1. The quantitative estimate of drug-likeness (QED) is 0.603. The highest BCUT2D eigenvalue weighted by atomic mass is 16.2. The van der Waals surface area contributed by atoms with Gasteiger partial charge in [0, 0.05) is 37.9 Å². The molecule has 0 unspecified atom stereocenters. The number of likely N-dealkylation sites (tertiary alicyclic amines) is 1. The van der Waals surface area contributed by atoms with E-state index in [4.69, 9.17) is 0 Å². The van der Waals surface area contributed by atoms with E-state index in [2.05, 4.69) is 15.7 Å². The molecule has 1 fully saturated rings. The molecule has 8 nitrogen and oxygen atoms in total. The van der Waals surface area contributed by atoms with Crippen molar-refractivity contribution < 1.29 is 9.59 Å². The third-order valence-electron chi connectivity index (χ3n) is 5.22. The first-order chi connectivity index (χ1) is 14.6. The van der Waals surface area contributed by atoms with Crippen molar-refractivity contribution in [2.45, 2.75) is 12.5 Å². The first-order valence-electron chi connectivity index (χ1n) is 9.81. The number of nitrogens with one attached hydrogen (secondary N) is 3. The number of rotatable bonds is 5. The first-order valence-corrected chi connectivity index (χ1v) is 9.81. The second kappa shape index (κ2) is 8.28. The normalized spacial score (nSPS) is 15.8. The number of anilines is 1. The molecule has 1 aliphatic rings. The summed E-state index contributed by atoms with van der Waals surface area (Å²) < 4.78 is 1.33. The molecular formula is C22H23N5O3. The summed E-state index contributed by atoms with van der Waals surface area (Å²) in [5.41, 5.74) is 1.92. The SMILES string of the molecule is CNc1ccccc1C(=O)N1CC[C@@H](NC(=O)c2cc(=O)n(-c3ccccc3)[nH]2)C1. The number of para-hydroxylation sites is 2. The second-order valence-electron chi connectivity index (χ2n) is 7.18. The smallest absolute Gasteiger partial charge is 0.271 e. The Kier molecular flexibility index (Phi) is 5.38. The largest absolute Gasteiger partial charge is 0.387 e. The van der Waals surface area contributed by atoms with Crippen LogP contribution in [0.25, 0.3) is 5.69 Å². The lowest BCUT2D eigenvalue weighted by Crippen LogP contribution is -2.38. The van der Waals surface area contributed by atoms with Crippen LogP contribution >= 0.6 is 0 Å². The van der Waals surface area contributed by atoms with Gasteiger partial charge in [-0.05, 0) is 30.7 Å². The number of carbonyl (C=O) groups is 2. The lowest BCUT2D eigenvalue weighted by molar-refractivity contribution is 0.0784. The van der Waals surface area contributed by atoms with Crippen LogP contribution in [0.5, 0.6) is 0 Å². The van der Waals surface area contributed by atoms with Crippen molar-refractivity contribution in [1.82, 2.24) is 20.0 Å². The van der Waals surface area contributed by atoms with Gasteiger partial charge in [-0.1, -0.05) is 30.3 Å². The predicted octanol–water partition coefficient (Wildman–Crippen LogP) is 1.85. The molecule has 0 radical (unpaired) electrons. The van der Waals surface area contributed by atoms with Crippen molar-refractivity contribution in [3.05, 3.63) is 82.3 Å². The number of amides is 2. The van der Waals surface area contributed by atoms with Crippen molar-refractivity contribution >= 4 is 17.5 Å².